The number of aliphatic imine (C=N–C) groups is 2. The van der Waals surface area contributed by atoms with E-state index in [0.29, 0.717) is 22.9 Å². The Morgan fingerprint density at radius 1 is 1.18 bits per heavy atom. The number of aromatic nitrogens is 2. The van der Waals surface area contributed by atoms with Crippen molar-refractivity contribution in [3.8, 4) is 0 Å². The molecule has 2 aromatic rings. The number of hydrogen-bond donors (Lipinski definition) is 1. The van der Waals surface area contributed by atoms with Crippen molar-refractivity contribution in [3.63, 3.8) is 0 Å². The lowest BCUT2D eigenvalue weighted by Crippen LogP contribution is -2.44. The minimum Gasteiger partial charge on any atom is -0.280 e. The van der Waals surface area contributed by atoms with Crippen LogP contribution >= 0.6 is 0 Å². The van der Waals surface area contributed by atoms with Gasteiger partial charge in [0.25, 0.3) is 10.1 Å². The smallest absolute Gasteiger partial charge is 0.280 e. The van der Waals surface area contributed by atoms with Gasteiger partial charge >= 0.3 is 6.03 Å². The highest BCUT2D eigenvalue weighted by molar-refractivity contribution is 7.86. The molecular weight excluding hydrogens is 462 g/mol. The van der Waals surface area contributed by atoms with Crippen molar-refractivity contribution in [3.05, 3.63) is 59.8 Å². The molecule has 0 saturated carbocycles. The zero-order valence-electron chi connectivity index (χ0n) is 18.3. The summed E-state index contributed by atoms with van der Waals surface area (Å²) in [6, 6.07) is 5.95. The van der Waals surface area contributed by atoms with E-state index in [1.807, 2.05) is 6.92 Å². The molecular formula is C20H21N9O4S. The van der Waals surface area contributed by atoms with Crippen LogP contribution in [-0.2, 0) is 14.3 Å². The SMILES string of the molecule is Cc1ccc(S(=O)(=O)OCCN2C(=O)N(C)N3C4=C(c5cnccn5)N=CN(N)C4=NC23)cc1. The Morgan fingerprint density at radius 2 is 1.94 bits per heavy atom. The van der Waals surface area contributed by atoms with E-state index in [-0.39, 0.29) is 24.1 Å². The topological polar surface area (TPSA) is 150 Å². The number of aryl methyl sites for hydroxylation is 1. The molecule has 13 nitrogen and oxygen atoms in total. The Hall–Kier alpha value is -3.88. The molecule has 1 unspecified atom stereocenters. The molecule has 14 heteroatoms. The van der Waals surface area contributed by atoms with Crippen LogP contribution in [0.4, 0.5) is 4.79 Å². The molecule has 2 N–H and O–H groups in total. The fourth-order valence-corrected chi connectivity index (χ4v) is 4.70. The predicted molar refractivity (Wildman–Crippen MR) is 121 cm³/mol. The summed E-state index contributed by atoms with van der Waals surface area (Å²) in [5.41, 5.74) is 2.36. The molecule has 1 aromatic heterocycles. The molecule has 5 rings (SSSR count). The first kappa shape index (κ1) is 21.9. The average Bonchev–Trinajstić information content (AvgIpc) is 3.32. The summed E-state index contributed by atoms with van der Waals surface area (Å²) in [6.07, 6.45) is 5.25. The molecule has 176 valence electrons. The first-order chi connectivity index (χ1) is 16.3. The molecule has 4 heterocycles. The van der Waals surface area contributed by atoms with Crippen LogP contribution in [0, 0.1) is 6.92 Å². The number of amides is 2. The summed E-state index contributed by atoms with van der Waals surface area (Å²) >= 11 is 0. The second-order valence-corrected chi connectivity index (χ2v) is 9.29. The van der Waals surface area contributed by atoms with Gasteiger partial charge in [0.1, 0.15) is 23.4 Å². The normalized spacial score (nSPS) is 19.7. The molecule has 1 aromatic carbocycles. The second kappa shape index (κ2) is 8.16. The van der Waals surface area contributed by atoms with Crippen molar-refractivity contribution in [2.45, 2.75) is 18.1 Å². The van der Waals surface area contributed by atoms with Crippen LogP contribution in [0.1, 0.15) is 11.3 Å². The third-order valence-electron chi connectivity index (χ3n) is 5.49. The van der Waals surface area contributed by atoms with Crippen LogP contribution < -0.4 is 5.84 Å². The number of benzene rings is 1. The molecule has 0 radical (unpaired) electrons. The maximum Gasteiger partial charge on any atom is 0.341 e. The van der Waals surface area contributed by atoms with E-state index in [4.69, 9.17) is 10.0 Å². The Kier molecular flexibility index (Phi) is 5.27. The van der Waals surface area contributed by atoms with E-state index in [0.717, 1.165) is 5.56 Å². The lowest BCUT2D eigenvalue weighted by Gasteiger charge is -2.28. The highest BCUT2D eigenvalue weighted by Crippen LogP contribution is 2.37. The van der Waals surface area contributed by atoms with E-state index >= 15 is 0 Å². The van der Waals surface area contributed by atoms with E-state index in [1.165, 1.54) is 39.6 Å². The van der Waals surface area contributed by atoms with Crippen LogP contribution in [0.2, 0.25) is 0 Å². The molecule has 2 amide bonds. The zero-order valence-corrected chi connectivity index (χ0v) is 19.1. The minimum absolute atomic E-state index is 0.0224. The van der Waals surface area contributed by atoms with Crippen LogP contribution in [0.5, 0.6) is 0 Å². The van der Waals surface area contributed by atoms with Gasteiger partial charge < -0.3 is 0 Å². The fourth-order valence-electron chi connectivity index (χ4n) is 3.80. The summed E-state index contributed by atoms with van der Waals surface area (Å²) in [5.74, 6) is 6.44. The Labute approximate surface area is 195 Å². The zero-order chi connectivity index (χ0) is 24.0. The third kappa shape index (κ3) is 3.57. The number of hydrogen-bond acceptors (Lipinski definition) is 11. The average molecular weight is 484 g/mol. The van der Waals surface area contributed by atoms with Crippen molar-refractivity contribution in [2.75, 3.05) is 20.2 Å². The Bertz CT molecular complexity index is 1330. The number of carbonyl (C=O) groups is 1. The Balaban J connectivity index is 1.39. The molecule has 34 heavy (non-hydrogen) atoms. The van der Waals surface area contributed by atoms with Gasteiger partial charge in [-0.15, -0.1) is 0 Å². The van der Waals surface area contributed by atoms with Crippen LogP contribution in [-0.4, -0.2) is 83.0 Å². The predicted octanol–water partition coefficient (Wildman–Crippen LogP) is 0.357. The molecule has 1 atom stereocenters. The molecule has 1 fully saturated rings. The number of urea groups is 1. The van der Waals surface area contributed by atoms with Gasteiger partial charge in [0.05, 0.1) is 24.2 Å². The number of carbonyl (C=O) groups excluding carboxylic acids is 1. The first-order valence-electron chi connectivity index (χ1n) is 10.2. The Morgan fingerprint density at radius 3 is 2.65 bits per heavy atom. The minimum atomic E-state index is -3.97. The quantitative estimate of drug-likeness (QED) is 0.454. The van der Waals surface area contributed by atoms with E-state index in [1.54, 1.807) is 36.6 Å². The highest BCUT2D eigenvalue weighted by Gasteiger charge is 2.51. The number of nitrogens with two attached hydrogens (primary N) is 1. The molecule has 3 aliphatic rings. The van der Waals surface area contributed by atoms with E-state index < -0.39 is 16.4 Å². The van der Waals surface area contributed by atoms with Crippen LogP contribution in [0.15, 0.2) is 63.4 Å². The summed E-state index contributed by atoms with van der Waals surface area (Å²) in [7, 11) is -2.39. The summed E-state index contributed by atoms with van der Waals surface area (Å²) in [5, 5.41) is 4.25. The van der Waals surface area contributed by atoms with Crippen molar-refractivity contribution < 1.29 is 17.4 Å². The van der Waals surface area contributed by atoms with Gasteiger partial charge in [-0.05, 0) is 19.1 Å². The van der Waals surface area contributed by atoms with Crippen LogP contribution in [0.25, 0.3) is 5.70 Å². The molecule has 1 saturated heterocycles. The van der Waals surface area contributed by atoms with Gasteiger partial charge in [-0.3, -0.25) is 19.1 Å². The van der Waals surface area contributed by atoms with Gasteiger partial charge in [-0.1, -0.05) is 17.7 Å². The fraction of sp³-hybridized carbons (Fsp3) is 0.250. The van der Waals surface area contributed by atoms with E-state index in [9.17, 15) is 13.2 Å². The second-order valence-electron chi connectivity index (χ2n) is 7.67. The van der Waals surface area contributed by atoms with Crippen molar-refractivity contribution in [1.29, 1.82) is 0 Å². The highest BCUT2D eigenvalue weighted by atomic mass is 32.2. The molecule has 0 spiro atoms. The van der Waals surface area contributed by atoms with Crippen molar-refractivity contribution in [1.82, 2.24) is 29.9 Å². The van der Waals surface area contributed by atoms with Gasteiger partial charge in [0, 0.05) is 19.4 Å². The third-order valence-corrected chi connectivity index (χ3v) is 6.81. The van der Waals surface area contributed by atoms with Gasteiger partial charge in [0.15, 0.2) is 5.84 Å². The monoisotopic (exact) mass is 483 g/mol. The molecule has 0 bridgehead atoms. The standard InChI is InChI=1S/C20H21N9O4S/c1-13-3-5-14(6-4-13)34(31,32)33-10-9-27-19-25-18-17(29(19)26(2)20(27)30)16(24-12-28(18)21)15-11-22-7-8-23-15/h3-8,11-12,19H,9-10,21H2,1-2H3. The van der Waals surface area contributed by atoms with Crippen molar-refractivity contribution >= 4 is 34.0 Å². The van der Waals surface area contributed by atoms with Gasteiger partial charge in [-0.25, -0.2) is 35.6 Å². The lowest BCUT2D eigenvalue weighted by molar-refractivity contribution is 0.0842. The maximum atomic E-state index is 13.0. The lowest BCUT2D eigenvalue weighted by atomic mass is 10.2. The molecule has 3 aliphatic heterocycles. The van der Waals surface area contributed by atoms with Gasteiger partial charge in [-0.2, -0.15) is 8.42 Å². The van der Waals surface area contributed by atoms with Gasteiger partial charge in [0.2, 0.25) is 6.29 Å². The number of amidine groups is 1. The molecule has 0 aliphatic carbocycles. The summed E-state index contributed by atoms with van der Waals surface area (Å²) in [4.78, 5) is 31.8. The maximum absolute atomic E-state index is 13.0. The summed E-state index contributed by atoms with van der Waals surface area (Å²) < 4.78 is 30.2. The first-order valence-corrected chi connectivity index (χ1v) is 11.7. The number of rotatable bonds is 6. The number of hydrazine groups is 2. The largest absolute Gasteiger partial charge is 0.341 e. The van der Waals surface area contributed by atoms with Crippen LogP contribution in [0.3, 0.4) is 0 Å². The number of nitrogens with zero attached hydrogens (tertiary/aromatic N) is 8. The number of fused-ring (bicyclic) bond motifs is 3. The van der Waals surface area contributed by atoms with E-state index in [2.05, 4.69) is 20.0 Å². The summed E-state index contributed by atoms with van der Waals surface area (Å²) in [6.45, 7) is 1.59. The van der Waals surface area contributed by atoms with Crippen molar-refractivity contribution in [2.24, 2.45) is 15.8 Å².